The molecular formula is C13H9BrN2. The number of pyridine rings is 1. The Kier molecular flexibility index (Phi) is 2.26. The van der Waals surface area contributed by atoms with Crippen molar-refractivity contribution in [2.45, 2.75) is 0 Å². The van der Waals surface area contributed by atoms with Crippen LogP contribution in [-0.4, -0.2) is 9.97 Å². The van der Waals surface area contributed by atoms with Crippen LogP contribution in [0, 0.1) is 0 Å². The van der Waals surface area contributed by atoms with Crippen molar-refractivity contribution >= 4 is 27.0 Å². The molecule has 0 saturated heterocycles. The summed E-state index contributed by atoms with van der Waals surface area (Å²) in [5.74, 6) is 0. The smallest absolute Gasteiger partial charge is 0.0957 e. The summed E-state index contributed by atoms with van der Waals surface area (Å²) in [5, 5.41) is 0. The minimum absolute atomic E-state index is 1.01. The summed E-state index contributed by atoms with van der Waals surface area (Å²) in [7, 11) is 0. The Morgan fingerprint density at radius 1 is 1.12 bits per heavy atom. The van der Waals surface area contributed by atoms with E-state index >= 15 is 0 Å². The number of nitrogens with one attached hydrogen (secondary N) is 1. The van der Waals surface area contributed by atoms with E-state index in [1.165, 1.54) is 5.56 Å². The highest BCUT2D eigenvalue weighted by Crippen LogP contribution is 2.28. The Labute approximate surface area is 101 Å². The van der Waals surface area contributed by atoms with E-state index in [1.807, 2.05) is 36.7 Å². The third-order valence-electron chi connectivity index (χ3n) is 2.57. The lowest BCUT2D eigenvalue weighted by atomic mass is 10.1. The van der Waals surface area contributed by atoms with Crippen LogP contribution in [0.1, 0.15) is 0 Å². The summed E-state index contributed by atoms with van der Waals surface area (Å²) in [5.41, 5.74) is 4.38. The van der Waals surface area contributed by atoms with E-state index in [-0.39, 0.29) is 0 Å². The summed E-state index contributed by atoms with van der Waals surface area (Å²) in [6, 6.07) is 12.2. The van der Waals surface area contributed by atoms with Crippen LogP contribution >= 0.6 is 15.9 Å². The average molecular weight is 273 g/mol. The van der Waals surface area contributed by atoms with Crippen molar-refractivity contribution in [3.05, 3.63) is 53.3 Å². The maximum atomic E-state index is 4.40. The van der Waals surface area contributed by atoms with Crippen LogP contribution in [0.2, 0.25) is 0 Å². The third kappa shape index (κ3) is 1.53. The van der Waals surface area contributed by atoms with Gasteiger partial charge in [0.05, 0.1) is 11.0 Å². The monoisotopic (exact) mass is 272 g/mol. The maximum Gasteiger partial charge on any atom is 0.0957 e. The minimum atomic E-state index is 1.01. The molecule has 0 aliphatic carbocycles. The summed E-state index contributed by atoms with van der Waals surface area (Å²) in [4.78, 5) is 7.63. The Morgan fingerprint density at radius 3 is 2.94 bits per heavy atom. The molecule has 3 aromatic rings. The van der Waals surface area contributed by atoms with E-state index in [0.717, 1.165) is 21.1 Å². The molecule has 0 saturated carbocycles. The van der Waals surface area contributed by atoms with Crippen LogP contribution in [0.5, 0.6) is 0 Å². The van der Waals surface area contributed by atoms with Crippen molar-refractivity contribution in [1.82, 2.24) is 9.97 Å². The molecule has 78 valence electrons. The number of hydrogen-bond donors (Lipinski definition) is 1. The molecule has 0 aliphatic heterocycles. The molecule has 0 unspecified atom stereocenters. The van der Waals surface area contributed by atoms with Crippen molar-refractivity contribution in [2.24, 2.45) is 0 Å². The second-order valence-electron chi connectivity index (χ2n) is 3.61. The van der Waals surface area contributed by atoms with Crippen LogP contribution in [0.15, 0.2) is 53.3 Å². The molecule has 2 nitrogen and oxygen atoms in total. The van der Waals surface area contributed by atoms with E-state index in [4.69, 9.17) is 0 Å². The molecule has 2 heterocycles. The standard InChI is InChI=1S/C13H9BrN2/c14-10-4-1-3-9(7-10)11-8-16-12-5-2-6-15-13(11)12/h1-8,16H. The molecule has 0 aliphatic rings. The summed E-state index contributed by atoms with van der Waals surface area (Å²) in [6.07, 6.45) is 3.82. The number of aromatic nitrogens is 2. The fourth-order valence-corrected chi connectivity index (χ4v) is 2.23. The summed E-state index contributed by atoms with van der Waals surface area (Å²) < 4.78 is 1.08. The Morgan fingerprint density at radius 2 is 2.06 bits per heavy atom. The van der Waals surface area contributed by atoms with Crippen LogP contribution in [-0.2, 0) is 0 Å². The number of aromatic amines is 1. The van der Waals surface area contributed by atoms with Gasteiger partial charge in [-0.05, 0) is 29.8 Å². The van der Waals surface area contributed by atoms with Gasteiger partial charge in [0.15, 0.2) is 0 Å². The normalized spacial score (nSPS) is 10.8. The SMILES string of the molecule is Brc1cccc(-c2c[nH]c3cccnc23)c1. The average Bonchev–Trinajstić information content (AvgIpc) is 2.72. The first-order valence-corrected chi connectivity index (χ1v) is 5.82. The molecule has 2 aromatic heterocycles. The number of H-pyrrole nitrogens is 1. The lowest BCUT2D eigenvalue weighted by molar-refractivity contribution is 1.41. The third-order valence-corrected chi connectivity index (χ3v) is 3.06. The minimum Gasteiger partial charge on any atom is -0.359 e. The number of fused-ring (bicyclic) bond motifs is 1. The van der Waals surface area contributed by atoms with E-state index in [1.54, 1.807) is 0 Å². The van der Waals surface area contributed by atoms with Gasteiger partial charge in [0.25, 0.3) is 0 Å². The number of benzene rings is 1. The van der Waals surface area contributed by atoms with Gasteiger partial charge in [0.1, 0.15) is 0 Å². The zero-order valence-corrected chi connectivity index (χ0v) is 10.0. The lowest BCUT2D eigenvalue weighted by Gasteiger charge is -1.99. The second kappa shape index (κ2) is 3.76. The molecular weight excluding hydrogens is 264 g/mol. The zero-order valence-electron chi connectivity index (χ0n) is 8.44. The topological polar surface area (TPSA) is 28.7 Å². The quantitative estimate of drug-likeness (QED) is 0.713. The predicted molar refractivity (Wildman–Crippen MR) is 69.2 cm³/mol. The van der Waals surface area contributed by atoms with E-state index in [0.29, 0.717) is 0 Å². The Hall–Kier alpha value is -1.61. The van der Waals surface area contributed by atoms with Gasteiger partial charge in [-0.3, -0.25) is 4.98 Å². The lowest BCUT2D eigenvalue weighted by Crippen LogP contribution is -1.78. The Balaban J connectivity index is 2.26. The molecule has 0 fully saturated rings. The summed E-state index contributed by atoms with van der Waals surface area (Å²) >= 11 is 3.48. The molecule has 3 rings (SSSR count). The zero-order chi connectivity index (χ0) is 11.0. The first-order valence-electron chi connectivity index (χ1n) is 5.02. The molecule has 0 radical (unpaired) electrons. The predicted octanol–water partition coefficient (Wildman–Crippen LogP) is 3.99. The largest absolute Gasteiger partial charge is 0.359 e. The van der Waals surface area contributed by atoms with Gasteiger partial charge >= 0.3 is 0 Å². The van der Waals surface area contributed by atoms with Gasteiger partial charge in [0, 0.05) is 22.4 Å². The number of hydrogen-bond acceptors (Lipinski definition) is 1. The fraction of sp³-hybridized carbons (Fsp3) is 0. The number of nitrogens with zero attached hydrogens (tertiary/aromatic N) is 1. The van der Waals surface area contributed by atoms with Crippen LogP contribution in [0.4, 0.5) is 0 Å². The molecule has 16 heavy (non-hydrogen) atoms. The number of rotatable bonds is 1. The molecule has 0 amide bonds. The first-order chi connectivity index (χ1) is 7.84. The van der Waals surface area contributed by atoms with Crippen molar-refractivity contribution in [2.75, 3.05) is 0 Å². The van der Waals surface area contributed by atoms with Gasteiger partial charge in [-0.25, -0.2) is 0 Å². The fourth-order valence-electron chi connectivity index (χ4n) is 1.83. The van der Waals surface area contributed by atoms with Crippen LogP contribution in [0.3, 0.4) is 0 Å². The molecule has 1 aromatic carbocycles. The first kappa shape index (κ1) is 9.60. The molecule has 0 spiro atoms. The Bertz CT molecular complexity index is 643. The van der Waals surface area contributed by atoms with Gasteiger partial charge in [-0.1, -0.05) is 28.1 Å². The van der Waals surface area contributed by atoms with Gasteiger partial charge < -0.3 is 4.98 Å². The van der Waals surface area contributed by atoms with Crippen molar-refractivity contribution in [3.8, 4) is 11.1 Å². The highest BCUT2D eigenvalue weighted by Gasteiger charge is 2.06. The van der Waals surface area contributed by atoms with Crippen molar-refractivity contribution < 1.29 is 0 Å². The van der Waals surface area contributed by atoms with Crippen molar-refractivity contribution in [1.29, 1.82) is 0 Å². The molecule has 1 N–H and O–H groups in total. The van der Waals surface area contributed by atoms with E-state index in [2.05, 4.69) is 38.0 Å². The van der Waals surface area contributed by atoms with Gasteiger partial charge in [0.2, 0.25) is 0 Å². The number of halogens is 1. The van der Waals surface area contributed by atoms with Crippen molar-refractivity contribution in [3.63, 3.8) is 0 Å². The highest BCUT2D eigenvalue weighted by molar-refractivity contribution is 9.10. The molecule has 0 bridgehead atoms. The van der Waals surface area contributed by atoms with Gasteiger partial charge in [-0.15, -0.1) is 0 Å². The maximum absolute atomic E-state index is 4.40. The van der Waals surface area contributed by atoms with Gasteiger partial charge in [-0.2, -0.15) is 0 Å². The molecule has 3 heteroatoms. The molecule has 0 atom stereocenters. The summed E-state index contributed by atoms with van der Waals surface area (Å²) in [6.45, 7) is 0. The van der Waals surface area contributed by atoms with Crippen LogP contribution < -0.4 is 0 Å². The highest BCUT2D eigenvalue weighted by atomic mass is 79.9. The van der Waals surface area contributed by atoms with E-state index < -0.39 is 0 Å². The van der Waals surface area contributed by atoms with Crippen LogP contribution in [0.25, 0.3) is 22.2 Å². The second-order valence-corrected chi connectivity index (χ2v) is 4.53. The van der Waals surface area contributed by atoms with E-state index in [9.17, 15) is 0 Å².